The molecule has 1 atom stereocenters. The number of anilines is 3. The Kier molecular flexibility index (Phi) is 4.74. The van der Waals surface area contributed by atoms with Crippen molar-refractivity contribution in [1.29, 1.82) is 0 Å². The van der Waals surface area contributed by atoms with Crippen LogP contribution in [0.5, 0.6) is 0 Å². The quantitative estimate of drug-likeness (QED) is 0.884. The average molecular weight is 324 g/mol. The van der Waals surface area contributed by atoms with Crippen LogP contribution in [0.15, 0.2) is 36.5 Å². The topological polar surface area (TPSA) is 41.1 Å². The molecule has 1 unspecified atom stereocenters. The van der Waals surface area contributed by atoms with Gasteiger partial charge in [0.2, 0.25) is 5.95 Å². The van der Waals surface area contributed by atoms with Gasteiger partial charge in [-0.05, 0) is 41.9 Å². The standard InChI is InChI=1S/C20H28N4/c1-15-8-7-13-24(14-15)18-11-12-21-19(23-18)22-17-10-6-5-9-16(17)20(2,3)4/h5-6,9-12,15H,7-8,13-14H2,1-4H3,(H,21,22,23). The number of benzene rings is 1. The summed E-state index contributed by atoms with van der Waals surface area (Å²) in [5.74, 6) is 2.42. The van der Waals surface area contributed by atoms with Crippen LogP contribution in [0.1, 0.15) is 46.1 Å². The first-order valence-electron chi connectivity index (χ1n) is 8.88. The van der Waals surface area contributed by atoms with Crippen molar-refractivity contribution in [3.63, 3.8) is 0 Å². The molecule has 24 heavy (non-hydrogen) atoms. The molecule has 0 saturated carbocycles. The average Bonchev–Trinajstić information content (AvgIpc) is 2.55. The van der Waals surface area contributed by atoms with Crippen molar-refractivity contribution in [2.75, 3.05) is 23.3 Å². The number of nitrogens with one attached hydrogen (secondary N) is 1. The number of rotatable bonds is 3. The van der Waals surface area contributed by atoms with Crippen LogP contribution >= 0.6 is 0 Å². The number of piperidine rings is 1. The van der Waals surface area contributed by atoms with Crippen LogP contribution in [0.25, 0.3) is 0 Å². The van der Waals surface area contributed by atoms with Gasteiger partial charge in [0.25, 0.3) is 0 Å². The first kappa shape index (κ1) is 16.7. The molecule has 2 aromatic rings. The van der Waals surface area contributed by atoms with E-state index < -0.39 is 0 Å². The van der Waals surface area contributed by atoms with E-state index in [1.54, 1.807) is 0 Å². The molecule has 4 nitrogen and oxygen atoms in total. The van der Waals surface area contributed by atoms with Crippen molar-refractivity contribution in [2.24, 2.45) is 5.92 Å². The zero-order valence-corrected chi connectivity index (χ0v) is 15.2. The van der Waals surface area contributed by atoms with Gasteiger partial charge in [-0.25, -0.2) is 4.98 Å². The third-order valence-corrected chi connectivity index (χ3v) is 4.60. The van der Waals surface area contributed by atoms with E-state index in [0.717, 1.165) is 30.5 Å². The highest BCUT2D eigenvalue weighted by molar-refractivity contribution is 5.61. The molecule has 1 aromatic heterocycles. The Bertz CT molecular complexity index is 690. The molecule has 0 radical (unpaired) electrons. The Labute approximate surface area is 145 Å². The number of nitrogens with zero attached hydrogens (tertiary/aromatic N) is 3. The molecule has 1 aromatic carbocycles. The lowest BCUT2D eigenvalue weighted by Gasteiger charge is -2.32. The van der Waals surface area contributed by atoms with Gasteiger partial charge in [0.05, 0.1) is 0 Å². The number of para-hydroxylation sites is 1. The minimum atomic E-state index is 0.0729. The van der Waals surface area contributed by atoms with E-state index >= 15 is 0 Å². The van der Waals surface area contributed by atoms with Gasteiger partial charge >= 0.3 is 0 Å². The molecule has 1 aliphatic heterocycles. The van der Waals surface area contributed by atoms with Crippen LogP contribution in [-0.2, 0) is 5.41 Å². The summed E-state index contributed by atoms with van der Waals surface area (Å²) < 4.78 is 0. The summed E-state index contributed by atoms with van der Waals surface area (Å²) in [6.07, 6.45) is 4.40. The molecule has 0 spiro atoms. The van der Waals surface area contributed by atoms with E-state index in [1.165, 1.54) is 18.4 Å². The summed E-state index contributed by atoms with van der Waals surface area (Å²) in [5.41, 5.74) is 2.42. The molecule has 0 aliphatic carbocycles. The molecule has 1 N–H and O–H groups in total. The maximum atomic E-state index is 4.75. The Hall–Kier alpha value is -2.10. The van der Waals surface area contributed by atoms with E-state index in [2.05, 4.69) is 61.1 Å². The van der Waals surface area contributed by atoms with E-state index in [4.69, 9.17) is 4.98 Å². The molecule has 0 amide bonds. The first-order chi connectivity index (χ1) is 11.4. The lowest BCUT2D eigenvalue weighted by molar-refractivity contribution is 0.444. The van der Waals surface area contributed by atoms with Crippen molar-refractivity contribution >= 4 is 17.5 Å². The van der Waals surface area contributed by atoms with Gasteiger partial charge in [-0.3, -0.25) is 0 Å². The smallest absolute Gasteiger partial charge is 0.229 e. The van der Waals surface area contributed by atoms with Crippen LogP contribution in [0.4, 0.5) is 17.5 Å². The Balaban J connectivity index is 1.83. The predicted molar refractivity (Wildman–Crippen MR) is 101 cm³/mol. The van der Waals surface area contributed by atoms with Crippen molar-refractivity contribution in [1.82, 2.24) is 9.97 Å². The fourth-order valence-electron chi connectivity index (χ4n) is 3.35. The molecule has 128 valence electrons. The summed E-state index contributed by atoms with van der Waals surface area (Å²) >= 11 is 0. The van der Waals surface area contributed by atoms with Crippen molar-refractivity contribution in [3.05, 3.63) is 42.1 Å². The summed E-state index contributed by atoms with van der Waals surface area (Å²) in [5, 5.41) is 3.42. The van der Waals surface area contributed by atoms with E-state index in [9.17, 15) is 0 Å². The number of hydrogen-bond donors (Lipinski definition) is 1. The molecular formula is C20H28N4. The molecule has 1 aliphatic rings. The third-order valence-electron chi connectivity index (χ3n) is 4.60. The first-order valence-corrected chi connectivity index (χ1v) is 8.88. The fourth-order valence-corrected chi connectivity index (χ4v) is 3.35. The highest BCUT2D eigenvalue weighted by Crippen LogP contribution is 2.31. The number of hydrogen-bond acceptors (Lipinski definition) is 4. The highest BCUT2D eigenvalue weighted by atomic mass is 15.2. The van der Waals surface area contributed by atoms with Gasteiger partial charge in [-0.2, -0.15) is 4.98 Å². The maximum absolute atomic E-state index is 4.75. The Morgan fingerprint density at radius 1 is 1.17 bits per heavy atom. The van der Waals surface area contributed by atoms with Gasteiger partial charge in [0, 0.05) is 25.0 Å². The molecule has 1 saturated heterocycles. The minimum absolute atomic E-state index is 0.0729. The van der Waals surface area contributed by atoms with Crippen LogP contribution in [0, 0.1) is 5.92 Å². The normalized spacial score (nSPS) is 18.5. The third kappa shape index (κ3) is 3.86. The van der Waals surface area contributed by atoms with Crippen LogP contribution in [0.3, 0.4) is 0 Å². The summed E-state index contributed by atoms with van der Waals surface area (Å²) in [6.45, 7) is 11.1. The molecule has 2 heterocycles. The summed E-state index contributed by atoms with van der Waals surface area (Å²) in [4.78, 5) is 11.5. The van der Waals surface area contributed by atoms with Crippen LogP contribution < -0.4 is 10.2 Å². The predicted octanol–water partition coefficient (Wildman–Crippen LogP) is 4.75. The summed E-state index contributed by atoms with van der Waals surface area (Å²) in [6, 6.07) is 10.4. The van der Waals surface area contributed by atoms with Gasteiger partial charge in [0.1, 0.15) is 5.82 Å². The zero-order valence-electron chi connectivity index (χ0n) is 15.2. The van der Waals surface area contributed by atoms with Gasteiger partial charge < -0.3 is 10.2 Å². The van der Waals surface area contributed by atoms with Gasteiger partial charge in [-0.1, -0.05) is 45.9 Å². The van der Waals surface area contributed by atoms with E-state index in [0.29, 0.717) is 5.95 Å². The van der Waals surface area contributed by atoms with Crippen molar-refractivity contribution in [2.45, 2.75) is 46.0 Å². The SMILES string of the molecule is CC1CCCN(c2ccnc(Nc3ccccc3C(C)(C)C)n2)C1. The largest absolute Gasteiger partial charge is 0.356 e. The van der Waals surface area contributed by atoms with Gasteiger partial charge in [0.15, 0.2) is 0 Å². The monoisotopic (exact) mass is 324 g/mol. The van der Waals surface area contributed by atoms with Gasteiger partial charge in [-0.15, -0.1) is 0 Å². The molecule has 1 fully saturated rings. The highest BCUT2D eigenvalue weighted by Gasteiger charge is 2.20. The molecule has 4 heteroatoms. The van der Waals surface area contributed by atoms with Crippen LogP contribution in [-0.4, -0.2) is 23.1 Å². The second-order valence-corrected chi connectivity index (χ2v) is 7.85. The lowest BCUT2D eigenvalue weighted by atomic mass is 9.86. The fraction of sp³-hybridized carbons (Fsp3) is 0.500. The Morgan fingerprint density at radius 2 is 1.96 bits per heavy atom. The molecule has 0 bridgehead atoms. The minimum Gasteiger partial charge on any atom is -0.356 e. The molecule has 3 rings (SSSR count). The second kappa shape index (κ2) is 6.80. The van der Waals surface area contributed by atoms with Crippen molar-refractivity contribution in [3.8, 4) is 0 Å². The number of aromatic nitrogens is 2. The van der Waals surface area contributed by atoms with E-state index in [1.807, 2.05) is 18.3 Å². The lowest BCUT2D eigenvalue weighted by Crippen LogP contribution is -2.34. The summed E-state index contributed by atoms with van der Waals surface area (Å²) in [7, 11) is 0. The second-order valence-electron chi connectivity index (χ2n) is 7.85. The van der Waals surface area contributed by atoms with E-state index in [-0.39, 0.29) is 5.41 Å². The Morgan fingerprint density at radius 3 is 2.71 bits per heavy atom. The van der Waals surface area contributed by atoms with Crippen LogP contribution in [0.2, 0.25) is 0 Å². The maximum Gasteiger partial charge on any atom is 0.229 e. The van der Waals surface area contributed by atoms with Crippen molar-refractivity contribution < 1.29 is 0 Å². The zero-order chi connectivity index (χ0) is 17.2. The molecular weight excluding hydrogens is 296 g/mol.